The predicted octanol–water partition coefficient (Wildman–Crippen LogP) is 6.79. The van der Waals surface area contributed by atoms with Gasteiger partial charge in [-0.25, -0.2) is 9.78 Å². The molecule has 0 saturated carbocycles. The van der Waals surface area contributed by atoms with Crippen molar-refractivity contribution in [3.05, 3.63) is 82.2 Å². The molecule has 2 N–H and O–H groups in total. The number of carboxylic acid groups (broad SMARTS) is 1. The van der Waals surface area contributed by atoms with E-state index in [1.807, 2.05) is 23.6 Å². The minimum absolute atomic E-state index is 0.107. The molecule has 198 valence electrons. The normalized spacial score (nSPS) is 12.8. The Kier molecular flexibility index (Phi) is 7.46. The Morgan fingerprint density at radius 2 is 1.74 bits per heavy atom. The van der Waals surface area contributed by atoms with Crippen LogP contribution in [0.15, 0.2) is 65.5 Å². The van der Waals surface area contributed by atoms with Crippen molar-refractivity contribution in [2.24, 2.45) is 5.41 Å². The minimum atomic E-state index is -4.46. The van der Waals surface area contributed by atoms with Gasteiger partial charge in [0.15, 0.2) is 0 Å². The number of carbonyl (C=O) groups is 2. The van der Waals surface area contributed by atoms with Crippen molar-refractivity contribution in [3.63, 3.8) is 0 Å². The zero-order chi connectivity index (χ0) is 27.7. The summed E-state index contributed by atoms with van der Waals surface area (Å²) >= 11 is 1.43. The molecule has 0 aliphatic carbocycles. The van der Waals surface area contributed by atoms with Crippen molar-refractivity contribution < 1.29 is 32.6 Å². The first-order chi connectivity index (χ1) is 17.8. The van der Waals surface area contributed by atoms with Gasteiger partial charge in [-0.2, -0.15) is 13.2 Å². The van der Waals surface area contributed by atoms with E-state index in [9.17, 15) is 27.9 Å². The van der Waals surface area contributed by atoms with Crippen molar-refractivity contribution >= 4 is 34.0 Å². The Hall–Kier alpha value is -3.92. The highest BCUT2D eigenvalue weighted by molar-refractivity contribution is 7.07. The molecule has 1 aromatic heterocycles. The average Bonchev–Trinajstić information content (AvgIpc) is 3.39. The van der Waals surface area contributed by atoms with Gasteiger partial charge in [0, 0.05) is 16.3 Å². The number of carboxylic acids is 1. The maximum Gasteiger partial charge on any atom is 0.416 e. The molecule has 6 nitrogen and oxygen atoms in total. The minimum Gasteiger partial charge on any atom is -0.487 e. The molecule has 1 heterocycles. The second-order valence-electron chi connectivity index (χ2n) is 9.85. The molecule has 0 spiro atoms. The summed E-state index contributed by atoms with van der Waals surface area (Å²) in [5, 5.41) is 15.5. The summed E-state index contributed by atoms with van der Waals surface area (Å²) in [5.74, 6) is -1.63. The second-order valence-corrected chi connectivity index (χ2v) is 10.6. The lowest BCUT2D eigenvalue weighted by Gasteiger charge is -2.28. The van der Waals surface area contributed by atoms with Crippen LogP contribution in [0.5, 0.6) is 5.75 Å². The predicted molar refractivity (Wildman–Crippen MR) is 139 cm³/mol. The number of hydrogen-bond acceptors (Lipinski definition) is 5. The fraction of sp³-hybridized carbons (Fsp3) is 0.250. The van der Waals surface area contributed by atoms with Crippen molar-refractivity contribution in [2.75, 3.05) is 0 Å². The quantitative estimate of drug-likeness (QED) is 0.268. The molecule has 3 aromatic carbocycles. The van der Waals surface area contributed by atoms with Crippen LogP contribution in [-0.2, 0) is 17.6 Å². The first kappa shape index (κ1) is 27.1. The number of thiazole rings is 1. The van der Waals surface area contributed by atoms with Gasteiger partial charge in [-0.15, -0.1) is 11.3 Å². The smallest absolute Gasteiger partial charge is 0.416 e. The van der Waals surface area contributed by atoms with E-state index in [1.54, 1.807) is 38.4 Å². The van der Waals surface area contributed by atoms with Crippen molar-refractivity contribution in [3.8, 4) is 17.0 Å². The molecule has 4 aromatic rings. The molecule has 1 atom stereocenters. The molecule has 0 fully saturated rings. The Balaban J connectivity index is 1.75. The third-order valence-corrected chi connectivity index (χ3v) is 6.58. The number of fused-ring (bicyclic) bond motifs is 1. The molecule has 10 heteroatoms. The Bertz CT molecular complexity index is 1460. The highest BCUT2D eigenvalue weighted by Gasteiger charge is 2.34. The van der Waals surface area contributed by atoms with E-state index >= 15 is 0 Å². The summed E-state index contributed by atoms with van der Waals surface area (Å²) in [6.07, 6.45) is -4.46. The zero-order valence-electron chi connectivity index (χ0n) is 20.8. The number of aliphatic carboxylic acids is 1. The molecule has 1 unspecified atom stereocenters. The molecular formula is C28H25F3N2O4S. The van der Waals surface area contributed by atoms with Crippen LogP contribution in [0.4, 0.5) is 13.2 Å². The van der Waals surface area contributed by atoms with Gasteiger partial charge in [0.05, 0.1) is 22.3 Å². The van der Waals surface area contributed by atoms with E-state index < -0.39 is 35.1 Å². The van der Waals surface area contributed by atoms with Gasteiger partial charge in [-0.1, -0.05) is 51.1 Å². The summed E-state index contributed by atoms with van der Waals surface area (Å²) in [6, 6.07) is 12.2. The lowest BCUT2D eigenvalue weighted by atomic mass is 9.86. The summed E-state index contributed by atoms with van der Waals surface area (Å²) in [4.78, 5) is 29.6. The number of aromatic nitrogens is 1. The SMILES string of the molecule is CC(C)(C)C(NC(=O)c1ccc2ccc(-c3cscn3)cc2c1OCc1ccc(C(F)(F)F)cc1)C(=O)O. The molecule has 0 saturated heterocycles. The lowest BCUT2D eigenvalue weighted by Crippen LogP contribution is -2.49. The second kappa shape index (κ2) is 10.4. The Morgan fingerprint density at radius 3 is 2.32 bits per heavy atom. The number of ether oxygens (including phenoxy) is 1. The average molecular weight is 543 g/mol. The molecule has 0 aliphatic heterocycles. The summed E-state index contributed by atoms with van der Waals surface area (Å²) in [6.45, 7) is 5.00. The Morgan fingerprint density at radius 1 is 1.05 bits per heavy atom. The topological polar surface area (TPSA) is 88.5 Å². The van der Waals surface area contributed by atoms with Gasteiger partial charge >= 0.3 is 12.1 Å². The van der Waals surface area contributed by atoms with Gasteiger partial charge in [0.2, 0.25) is 0 Å². The first-order valence-corrected chi connectivity index (χ1v) is 12.6. The number of carbonyl (C=O) groups excluding carboxylic acids is 1. The third-order valence-electron chi connectivity index (χ3n) is 6.00. The maximum atomic E-state index is 13.4. The van der Waals surface area contributed by atoms with Crippen LogP contribution in [0.2, 0.25) is 0 Å². The van der Waals surface area contributed by atoms with Crippen LogP contribution in [0.1, 0.15) is 42.3 Å². The van der Waals surface area contributed by atoms with Gasteiger partial charge in [-0.3, -0.25) is 4.79 Å². The van der Waals surface area contributed by atoms with Crippen molar-refractivity contribution in [2.45, 2.75) is 39.6 Å². The van der Waals surface area contributed by atoms with Crippen LogP contribution < -0.4 is 10.1 Å². The van der Waals surface area contributed by atoms with E-state index in [0.29, 0.717) is 10.9 Å². The number of halogens is 3. The van der Waals surface area contributed by atoms with Crippen molar-refractivity contribution in [1.29, 1.82) is 0 Å². The molecule has 0 aliphatic rings. The van der Waals surface area contributed by atoms with Crippen LogP contribution in [0.3, 0.4) is 0 Å². The largest absolute Gasteiger partial charge is 0.487 e. The van der Waals surface area contributed by atoms with Crippen LogP contribution in [0.25, 0.3) is 22.0 Å². The third kappa shape index (κ3) is 5.96. The molecule has 0 radical (unpaired) electrons. The monoisotopic (exact) mass is 542 g/mol. The maximum absolute atomic E-state index is 13.4. The van der Waals surface area contributed by atoms with Crippen LogP contribution in [-0.4, -0.2) is 28.0 Å². The summed E-state index contributed by atoms with van der Waals surface area (Å²) < 4.78 is 45.0. The van der Waals surface area contributed by atoms with Crippen LogP contribution in [0, 0.1) is 5.41 Å². The Labute approximate surface area is 221 Å². The number of benzene rings is 3. The lowest BCUT2D eigenvalue weighted by molar-refractivity contribution is -0.142. The number of amides is 1. The van der Waals surface area contributed by atoms with E-state index in [0.717, 1.165) is 28.8 Å². The van der Waals surface area contributed by atoms with Crippen LogP contribution >= 0.6 is 11.3 Å². The number of nitrogens with zero attached hydrogens (tertiary/aromatic N) is 1. The van der Waals surface area contributed by atoms with Gasteiger partial charge in [0.25, 0.3) is 5.91 Å². The zero-order valence-corrected chi connectivity index (χ0v) is 21.6. The number of alkyl halides is 3. The molecule has 0 bridgehead atoms. The summed E-state index contributed by atoms with van der Waals surface area (Å²) in [7, 11) is 0. The number of nitrogens with one attached hydrogen (secondary N) is 1. The standard InChI is InChI=1S/C28H25F3N2O4S/c1-27(2,3)24(26(35)36)33-25(34)20-11-8-17-6-7-18(22-14-38-15-32-22)12-21(17)23(20)37-13-16-4-9-19(10-5-16)28(29,30)31/h4-12,14-15,24H,13H2,1-3H3,(H,33,34)(H,35,36). The van der Waals surface area contributed by atoms with Gasteiger partial charge in [0.1, 0.15) is 18.4 Å². The van der Waals surface area contributed by atoms with Gasteiger partial charge in [-0.05, 0) is 40.6 Å². The number of hydrogen-bond donors (Lipinski definition) is 2. The van der Waals surface area contributed by atoms with E-state index in [-0.39, 0.29) is 17.9 Å². The molecule has 1 amide bonds. The van der Waals surface area contributed by atoms with Crippen molar-refractivity contribution in [1.82, 2.24) is 10.3 Å². The fourth-order valence-electron chi connectivity index (χ4n) is 3.94. The fourth-order valence-corrected chi connectivity index (χ4v) is 4.50. The van der Waals surface area contributed by atoms with E-state index in [4.69, 9.17) is 4.74 Å². The highest BCUT2D eigenvalue weighted by Crippen LogP contribution is 2.35. The first-order valence-electron chi connectivity index (χ1n) is 11.6. The van der Waals surface area contributed by atoms with E-state index in [1.165, 1.54) is 23.5 Å². The van der Waals surface area contributed by atoms with Gasteiger partial charge < -0.3 is 15.2 Å². The highest BCUT2D eigenvalue weighted by atomic mass is 32.1. The molecule has 38 heavy (non-hydrogen) atoms. The molecular weight excluding hydrogens is 517 g/mol. The van der Waals surface area contributed by atoms with E-state index in [2.05, 4.69) is 10.3 Å². The summed E-state index contributed by atoms with van der Waals surface area (Å²) in [5.41, 5.74) is 2.25. The molecule has 4 rings (SSSR count). The number of rotatable bonds is 7.